The molecule has 0 aliphatic heterocycles. The summed E-state index contributed by atoms with van der Waals surface area (Å²) >= 11 is 1.29. The summed E-state index contributed by atoms with van der Waals surface area (Å²) in [5.41, 5.74) is 0.767. The molecule has 1 aromatic carbocycles. The van der Waals surface area contributed by atoms with E-state index in [1.165, 1.54) is 11.3 Å². The predicted octanol–water partition coefficient (Wildman–Crippen LogP) is 3.75. The van der Waals surface area contributed by atoms with Crippen LogP contribution in [0.4, 0.5) is 0 Å². The Morgan fingerprint density at radius 2 is 1.90 bits per heavy atom. The van der Waals surface area contributed by atoms with E-state index in [9.17, 15) is 9.36 Å². The molecular formula is C13H16NO4PS. The summed E-state index contributed by atoms with van der Waals surface area (Å²) < 4.78 is 23.5. The third kappa shape index (κ3) is 3.52. The smallest absolute Gasteiger partial charge is 0.309 e. The Hall–Kier alpha value is -1.07. The number of carbonyl (C=O) groups excluding carboxylic acids is 1. The number of fused-ring (bicyclic) bond motifs is 1. The van der Waals surface area contributed by atoms with Crippen LogP contribution < -0.4 is 0 Å². The first-order chi connectivity index (χ1) is 9.58. The third-order valence-electron chi connectivity index (χ3n) is 2.52. The molecule has 0 atom stereocenters. The number of thiazole rings is 1. The van der Waals surface area contributed by atoms with Crippen molar-refractivity contribution in [1.82, 2.24) is 4.98 Å². The zero-order valence-corrected chi connectivity index (χ0v) is 13.1. The second-order valence-corrected chi connectivity index (χ2v) is 7.10. The first kappa shape index (κ1) is 15.3. The van der Waals surface area contributed by atoms with Crippen LogP contribution >= 0.6 is 18.9 Å². The quantitative estimate of drug-likeness (QED) is 0.575. The maximum absolute atomic E-state index is 12.3. The van der Waals surface area contributed by atoms with Crippen LogP contribution in [0.3, 0.4) is 0 Å². The lowest BCUT2D eigenvalue weighted by Crippen LogP contribution is -2.10. The van der Waals surface area contributed by atoms with Crippen molar-refractivity contribution >= 4 is 34.9 Å². The molecular weight excluding hydrogens is 297 g/mol. The fourth-order valence-corrected chi connectivity index (χ4v) is 4.31. The van der Waals surface area contributed by atoms with Gasteiger partial charge in [-0.15, -0.1) is 11.3 Å². The zero-order valence-electron chi connectivity index (χ0n) is 11.4. The minimum absolute atomic E-state index is 0.240. The van der Waals surface area contributed by atoms with Crippen LogP contribution in [0, 0.1) is 0 Å². The fraction of sp³-hybridized carbons (Fsp3) is 0.385. The van der Waals surface area contributed by atoms with Gasteiger partial charge >= 0.3 is 7.60 Å². The number of carbonyl (C=O) groups is 1. The van der Waals surface area contributed by atoms with Crippen LogP contribution in [0.1, 0.15) is 23.6 Å². The SMILES string of the molecule is CCOP(=O)(CC(=O)c1nc2ccccc2s1)OCC. The average Bonchev–Trinajstić information content (AvgIpc) is 2.82. The topological polar surface area (TPSA) is 65.5 Å². The van der Waals surface area contributed by atoms with Crippen LogP contribution in [-0.2, 0) is 13.6 Å². The van der Waals surface area contributed by atoms with Gasteiger partial charge in [0.2, 0.25) is 5.78 Å². The van der Waals surface area contributed by atoms with E-state index in [1.54, 1.807) is 13.8 Å². The van der Waals surface area contributed by atoms with Gasteiger partial charge in [0.05, 0.1) is 23.4 Å². The molecule has 20 heavy (non-hydrogen) atoms. The molecule has 2 rings (SSSR count). The molecule has 0 saturated heterocycles. The van der Waals surface area contributed by atoms with E-state index in [0.29, 0.717) is 5.01 Å². The lowest BCUT2D eigenvalue weighted by atomic mass is 10.3. The molecule has 0 spiro atoms. The Kier molecular flexibility index (Phi) is 5.05. The van der Waals surface area contributed by atoms with Crippen LogP contribution in [0.25, 0.3) is 10.2 Å². The van der Waals surface area contributed by atoms with E-state index in [-0.39, 0.29) is 25.2 Å². The van der Waals surface area contributed by atoms with E-state index in [4.69, 9.17) is 9.05 Å². The molecule has 1 heterocycles. The molecule has 0 amide bonds. The molecule has 7 heteroatoms. The van der Waals surface area contributed by atoms with Gasteiger partial charge in [0.1, 0.15) is 6.16 Å². The van der Waals surface area contributed by atoms with Gasteiger partial charge in [0.15, 0.2) is 5.01 Å². The molecule has 0 unspecified atom stereocenters. The van der Waals surface area contributed by atoms with Gasteiger partial charge in [0, 0.05) is 0 Å². The van der Waals surface area contributed by atoms with Crippen molar-refractivity contribution in [3.63, 3.8) is 0 Å². The number of aromatic nitrogens is 1. The summed E-state index contributed by atoms with van der Waals surface area (Å²) in [6, 6.07) is 7.49. The minimum Gasteiger partial charge on any atom is -0.309 e. The summed E-state index contributed by atoms with van der Waals surface area (Å²) in [6.07, 6.45) is -0.269. The summed E-state index contributed by atoms with van der Waals surface area (Å²) in [4.78, 5) is 16.4. The van der Waals surface area contributed by atoms with Crippen LogP contribution in [0.5, 0.6) is 0 Å². The van der Waals surface area contributed by atoms with Crippen LogP contribution in [-0.4, -0.2) is 30.1 Å². The lowest BCUT2D eigenvalue weighted by molar-refractivity contribution is 0.100. The summed E-state index contributed by atoms with van der Waals surface area (Å²) in [5.74, 6) is -0.309. The number of Topliss-reactive ketones (excluding diaryl/α,β-unsaturated/α-hetero) is 1. The van der Waals surface area contributed by atoms with Crippen molar-refractivity contribution < 1.29 is 18.4 Å². The van der Waals surface area contributed by atoms with Crippen molar-refractivity contribution in [3.8, 4) is 0 Å². The number of ketones is 1. The highest BCUT2D eigenvalue weighted by molar-refractivity contribution is 7.55. The van der Waals surface area contributed by atoms with Crippen LogP contribution in [0.2, 0.25) is 0 Å². The van der Waals surface area contributed by atoms with E-state index in [1.807, 2.05) is 24.3 Å². The van der Waals surface area contributed by atoms with Crippen molar-refractivity contribution in [2.75, 3.05) is 19.4 Å². The predicted molar refractivity (Wildman–Crippen MR) is 79.7 cm³/mol. The van der Waals surface area contributed by atoms with Crippen molar-refractivity contribution in [2.45, 2.75) is 13.8 Å². The molecule has 2 aromatic rings. The Bertz CT molecular complexity index is 612. The highest BCUT2D eigenvalue weighted by Crippen LogP contribution is 2.48. The lowest BCUT2D eigenvalue weighted by Gasteiger charge is -2.15. The van der Waals surface area contributed by atoms with E-state index >= 15 is 0 Å². The number of benzene rings is 1. The Labute approximate surface area is 121 Å². The van der Waals surface area contributed by atoms with Crippen molar-refractivity contribution in [2.24, 2.45) is 0 Å². The monoisotopic (exact) mass is 313 g/mol. The van der Waals surface area contributed by atoms with E-state index in [0.717, 1.165) is 10.2 Å². The Morgan fingerprint density at radius 1 is 1.25 bits per heavy atom. The molecule has 0 radical (unpaired) electrons. The molecule has 0 aliphatic carbocycles. The maximum atomic E-state index is 12.3. The van der Waals surface area contributed by atoms with Crippen molar-refractivity contribution in [3.05, 3.63) is 29.3 Å². The van der Waals surface area contributed by atoms with E-state index in [2.05, 4.69) is 4.98 Å². The Morgan fingerprint density at radius 3 is 2.50 bits per heavy atom. The number of nitrogens with zero attached hydrogens (tertiary/aromatic N) is 1. The molecule has 108 valence electrons. The van der Waals surface area contributed by atoms with Gasteiger partial charge in [-0.2, -0.15) is 0 Å². The molecule has 0 N–H and O–H groups in total. The molecule has 0 fully saturated rings. The van der Waals surface area contributed by atoms with Gasteiger partial charge in [-0.3, -0.25) is 9.36 Å². The van der Waals surface area contributed by atoms with Crippen molar-refractivity contribution in [1.29, 1.82) is 0 Å². The highest BCUT2D eigenvalue weighted by atomic mass is 32.1. The largest absolute Gasteiger partial charge is 0.338 e. The van der Waals surface area contributed by atoms with Gasteiger partial charge in [0.25, 0.3) is 0 Å². The normalized spacial score (nSPS) is 11.9. The first-order valence-corrected chi connectivity index (χ1v) is 8.89. The van der Waals surface area contributed by atoms with E-state index < -0.39 is 7.60 Å². The highest BCUT2D eigenvalue weighted by Gasteiger charge is 2.29. The van der Waals surface area contributed by atoms with Gasteiger partial charge in [-0.1, -0.05) is 12.1 Å². The maximum Gasteiger partial charge on any atom is 0.338 e. The van der Waals surface area contributed by atoms with Crippen LogP contribution in [0.15, 0.2) is 24.3 Å². The first-order valence-electron chi connectivity index (χ1n) is 6.35. The number of hydrogen-bond acceptors (Lipinski definition) is 6. The summed E-state index contributed by atoms with van der Waals surface area (Å²) in [7, 11) is -3.37. The standard InChI is InChI=1S/C13H16NO4PS/c1-3-17-19(16,18-4-2)9-11(15)13-14-10-7-5-6-8-12(10)20-13/h5-8H,3-4,9H2,1-2H3. The molecule has 0 saturated carbocycles. The zero-order chi connectivity index (χ0) is 14.6. The summed E-state index contributed by atoms with van der Waals surface area (Å²) in [6.45, 7) is 3.91. The van der Waals surface area contributed by atoms with Gasteiger partial charge in [-0.25, -0.2) is 4.98 Å². The van der Waals surface area contributed by atoms with Gasteiger partial charge < -0.3 is 9.05 Å². The molecule has 1 aromatic heterocycles. The number of rotatable bonds is 7. The second kappa shape index (κ2) is 6.59. The fourth-order valence-electron chi connectivity index (χ4n) is 1.76. The second-order valence-electron chi connectivity index (χ2n) is 4.01. The van der Waals surface area contributed by atoms with Gasteiger partial charge in [-0.05, 0) is 26.0 Å². The average molecular weight is 313 g/mol. The minimum atomic E-state index is -3.37. The number of para-hydroxylation sites is 1. The third-order valence-corrected chi connectivity index (χ3v) is 5.58. The molecule has 0 aliphatic rings. The Balaban J connectivity index is 2.20. The molecule has 0 bridgehead atoms. The summed E-state index contributed by atoms with van der Waals surface area (Å²) in [5, 5.41) is 0.339. The number of hydrogen-bond donors (Lipinski definition) is 0. The molecule has 5 nitrogen and oxygen atoms in total.